The monoisotopic (exact) mass is 406 g/mol. The van der Waals surface area contributed by atoms with Crippen molar-refractivity contribution >= 4 is 17.0 Å². The van der Waals surface area contributed by atoms with Gasteiger partial charge in [-0.25, -0.2) is 9.97 Å². The number of hydrogen-bond acceptors (Lipinski definition) is 3. The summed E-state index contributed by atoms with van der Waals surface area (Å²) in [4.78, 5) is 15.1. The third-order valence-electron chi connectivity index (χ3n) is 6.16. The van der Waals surface area contributed by atoms with Crippen LogP contribution in [-0.2, 0) is 0 Å². The molecule has 2 aromatic heterocycles. The lowest BCUT2D eigenvalue weighted by atomic mass is 10.1. The molecule has 1 aliphatic rings. The molecule has 1 aliphatic carbocycles. The minimum Gasteiger partial charge on any atom is -0.342 e. The van der Waals surface area contributed by atoms with Crippen LogP contribution in [0.1, 0.15) is 42.5 Å². The molecule has 2 heterocycles. The molecule has 4 aromatic rings. The predicted molar refractivity (Wildman–Crippen MR) is 127 cm³/mol. The molecule has 154 valence electrons. The van der Waals surface area contributed by atoms with Gasteiger partial charge < -0.3 is 9.88 Å². The molecule has 0 amide bonds. The molecule has 4 heteroatoms. The summed E-state index contributed by atoms with van der Waals surface area (Å²) in [5.74, 6) is 7.37. The highest BCUT2D eigenvalue weighted by Crippen LogP contribution is 2.27. The Kier molecular flexibility index (Phi) is 5.18. The second kappa shape index (κ2) is 8.28. The van der Waals surface area contributed by atoms with Crippen molar-refractivity contribution in [2.24, 2.45) is 0 Å². The molecule has 0 atom stereocenters. The summed E-state index contributed by atoms with van der Waals surface area (Å²) >= 11 is 0. The van der Waals surface area contributed by atoms with E-state index in [0.29, 0.717) is 6.04 Å². The molecule has 1 N–H and O–H groups in total. The van der Waals surface area contributed by atoms with Gasteiger partial charge in [-0.3, -0.25) is 0 Å². The highest BCUT2D eigenvalue weighted by Gasteiger charge is 2.21. The number of fused-ring (bicyclic) bond motifs is 1. The zero-order valence-corrected chi connectivity index (χ0v) is 18.0. The molecule has 0 unspecified atom stereocenters. The van der Waals surface area contributed by atoms with Crippen molar-refractivity contribution < 1.29 is 0 Å². The van der Waals surface area contributed by atoms with Gasteiger partial charge in [0, 0.05) is 30.4 Å². The Morgan fingerprint density at radius 2 is 1.71 bits per heavy atom. The Labute approximate surface area is 183 Å². The first kappa shape index (κ1) is 19.4. The lowest BCUT2D eigenvalue weighted by Crippen LogP contribution is -2.29. The number of imidazole rings is 1. The fourth-order valence-corrected chi connectivity index (χ4v) is 4.23. The Balaban J connectivity index is 1.34. The van der Waals surface area contributed by atoms with E-state index in [1.807, 2.05) is 24.4 Å². The maximum absolute atomic E-state index is 4.77. The van der Waals surface area contributed by atoms with E-state index in [9.17, 15) is 0 Å². The van der Waals surface area contributed by atoms with Crippen molar-refractivity contribution in [1.82, 2.24) is 15.0 Å². The van der Waals surface area contributed by atoms with Crippen LogP contribution in [0.15, 0.2) is 60.8 Å². The van der Waals surface area contributed by atoms with Crippen molar-refractivity contribution in [3.05, 3.63) is 77.6 Å². The number of pyridine rings is 1. The van der Waals surface area contributed by atoms with Gasteiger partial charge in [0.1, 0.15) is 5.69 Å². The van der Waals surface area contributed by atoms with Gasteiger partial charge in [-0.2, -0.15) is 0 Å². The molecule has 0 bridgehead atoms. The Morgan fingerprint density at radius 3 is 2.45 bits per heavy atom. The van der Waals surface area contributed by atoms with E-state index in [4.69, 9.17) is 4.98 Å². The molecule has 1 fully saturated rings. The number of benzene rings is 2. The number of anilines is 1. The smallest absolute Gasteiger partial charge is 0.203 e. The number of nitrogens with zero attached hydrogens (tertiary/aromatic N) is 3. The van der Waals surface area contributed by atoms with Crippen LogP contribution < -0.4 is 4.90 Å². The molecule has 5 rings (SSSR count). The van der Waals surface area contributed by atoms with Crippen molar-refractivity contribution in [1.29, 1.82) is 0 Å². The van der Waals surface area contributed by atoms with Crippen LogP contribution in [-0.4, -0.2) is 28.0 Å². The molecular formula is C27H26N4. The number of aromatic nitrogens is 3. The van der Waals surface area contributed by atoms with Crippen LogP contribution in [0.4, 0.5) is 5.95 Å². The predicted octanol–water partition coefficient (Wildman–Crippen LogP) is 5.71. The minimum atomic E-state index is 0.591. The second-order valence-corrected chi connectivity index (χ2v) is 8.39. The third kappa shape index (κ3) is 4.18. The van der Waals surface area contributed by atoms with Gasteiger partial charge in [-0.1, -0.05) is 54.7 Å². The molecule has 0 aliphatic heterocycles. The van der Waals surface area contributed by atoms with E-state index in [0.717, 1.165) is 33.8 Å². The SMILES string of the molecule is Cc1ccc(-c2ccc(C#Cc3ccc4nc(N(C)C5CCCC5)[nH]c4c3)nc2)cc1. The molecule has 0 saturated heterocycles. The van der Waals surface area contributed by atoms with Crippen molar-refractivity contribution in [2.45, 2.75) is 38.6 Å². The van der Waals surface area contributed by atoms with E-state index in [2.05, 4.69) is 77.1 Å². The molecule has 1 saturated carbocycles. The molecule has 2 aromatic carbocycles. The second-order valence-electron chi connectivity index (χ2n) is 8.39. The highest BCUT2D eigenvalue weighted by molar-refractivity contribution is 5.79. The average molecular weight is 407 g/mol. The third-order valence-corrected chi connectivity index (χ3v) is 6.16. The van der Waals surface area contributed by atoms with Crippen LogP contribution >= 0.6 is 0 Å². The maximum atomic E-state index is 4.77. The maximum Gasteiger partial charge on any atom is 0.203 e. The number of H-pyrrole nitrogens is 1. The van der Waals surface area contributed by atoms with Gasteiger partial charge in [0.25, 0.3) is 0 Å². The zero-order chi connectivity index (χ0) is 21.2. The lowest BCUT2D eigenvalue weighted by molar-refractivity contribution is 0.642. The molecule has 0 radical (unpaired) electrons. The van der Waals surface area contributed by atoms with Crippen molar-refractivity contribution in [3.63, 3.8) is 0 Å². The number of rotatable bonds is 3. The standard InChI is InChI=1S/C27H26N4/c1-19-7-11-21(12-8-19)22-13-15-23(28-18-22)14-9-20-10-16-25-26(17-20)30-27(29-25)31(2)24-5-3-4-6-24/h7-8,10-13,15-18,24H,3-6H2,1-2H3,(H,29,30). The summed E-state index contributed by atoms with van der Waals surface area (Å²) in [6, 6.07) is 19.3. The summed E-state index contributed by atoms with van der Waals surface area (Å²) < 4.78 is 0. The van der Waals surface area contributed by atoms with E-state index < -0.39 is 0 Å². The summed E-state index contributed by atoms with van der Waals surface area (Å²) in [6.07, 6.45) is 7.02. The van der Waals surface area contributed by atoms with E-state index in [1.165, 1.54) is 36.8 Å². The Bertz CT molecular complexity index is 1250. The van der Waals surface area contributed by atoms with Crippen LogP contribution in [0, 0.1) is 18.8 Å². The van der Waals surface area contributed by atoms with Crippen molar-refractivity contribution in [2.75, 3.05) is 11.9 Å². The van der Waals surface area contributed by atoms with Crippen LogP contribution in [0.25, 0.3) is 22.2 Å². The normalized spacial score (nSPS) is 13.9. The summed E-state index contributed by atoms with van der Waals surface area (Å²) in [5, 5.41) is 0. The van der Waals surface area contributed by atoms with Gasteiger partial charge in [-0.05, 0) is 55.5 Å². The van der Waals surface area contributed by atoms with Crippen LogP contribution in [0.5, 0.6) is 0 Å². The van der Waals surface area contributed by atoms with Gasteiger partial charge in [-0.15, -0.1) is 0 Å². The topological polar surface area (TPSA) is 44.8 Å². The van der Waals surface area contributed by atoms with Gasteiger partial charge in [0.05, 0.1) is 11.0 Å². The molecule has 31 heavy (non-hydrogen) atoms. The summed E-state index contributed by atoms with van der Waals surface area (Å²) in [5.41, 5.74) is 7.24. The minimum absolute atomic E-state index is 0.591. The number of hydrogen-bond donors (Lipinski definition) is 1. The summed E-state index contributed by atoms with van der Waals surface area (Å²) in [6.45, 7) is 2.09. The highest BCUT2D eigenvalue weighted by atomic mass is 15.3. The van der Waals surface area contributed by atoms with Gasteiger partial charge in [0.2, 0.25) is 5.95 Å². The zero-order valence-electron chi connectivity index (χ0n) is 18.0. The Hall–Kier alpha value is -3.58. The van der Waals surface area contributed by atoms with Crippen LogP contribution in [0.3, 0.4) is 0 Å². The van der Waals surface area contributed by atoms with E-state index >= 15 is 0 Å². The Morgan fingerprint density at radius 1 is 0.935 bits per heavy atom. The quantitative estimate of drug-likeness (QED) is 0.443. The van der Waals surface area contributed by atoms with E-state index in [-0.39, 0.29) is 0 Å². The first-order valence-corrected chi connectivity index (χ1v) is 10.9. The largest absolute Gasteiger partial charge is 0.342 e. The van der Waals surface area contributed by atoms with Gasteiger partial charge in [0.15, 0.2) is 0 Å². The van der Waals surface area contributed by atoms with Gasteiger partial charge >= 0.3 is 0 Å². The summed E-state index contributed by atoms with van der Waals surface area (Å²) in [7, 11) is 2.14. The van der Waals surface area contributed by atoms with Crippen molar-refractivity contribution in [3.8, 4) is 23.0 Å². The molecular weight excluding hydrogens is 380 g/mol. The first-order chi connectivity index (χ1) is 15.2. The van der Waals surface area contributed by atoms with Crippen LogP contribution in [0.2, 0.25) is 0 Å². The number of aromatic amines is 1. The van der Waals surface area contributed by atoms with E-state index in [1.54, 1.807) is 0 Å². The average Bonchev–Trinajstić information content (AvgIpc) is 3.48. The fraction of sp³-hybridized carbons (Fsp3) is 0.259. The lowest BCUT2D eigenvalue weighted by Gasteiger charge is -2.23. The molecule has 4 nitrogen and oxygen atoms in total. The number of aryl methyl sites for hydroxylation is 1. The fourth-order valence-electron chi connectivity index (χ4n) is 4.23. The molecule has 0 spiro atoms. The number of nitrogens with one attached hydrogen (secondary N) is 1. The first-order valence-electron chi connectivity index (χ1n) is 10.9.